The fourth-order valence-electron chi connectivity index (χ4n) is 2.20. The van der Waals surface area contributed by atoms with Crippen molar-refractivity contribution in [3.63, 3.8) is 0 Å². The molecule has 0 atom stereocenters. The van der Waals surface area contributed by atoms with Crippen molar-refractivity contribution >= 4 is 52.6 Å². The van der Waals surface area contributed by atoms with Gasteiger partial charge in [0.15, 0.2) is 5.96 Å². The molecule has 2 heterocycles. The second-order valence-corrected chi connectivity index (χ2v) is 8.66. The Morgan fingerprint density at radius 3 is 2.56 bits per heavy atom. The Balaban J connectivity index is 0.00000312. The number of aromatic nitrogens is 2. The van der Waals surface area contributed by atoms with Gasteiger partial charge in [-0.2, -0.15) is 0 Å². The second kappa shape index (κ2) is 11.1. The van der Waals surface area contributed by atoms with Gasteiger partial charge in [0.05, 0.1) is 22.3 Å². The number of rotatable bonds is 7. The number of halogens is 1. The Hall–Kier alpha value is -0.740. The van der Waals surface area contributed by atoms with Crippen LogP contribution in [0, 0.1) is 19.8 Å². The van der Waals surface area contributed by atoms with E-state index in [1.54, 1.807) is 29.7 Å². The number of hydrogen-bond acceptors (Lipinski definition) is 5. The molecule has 0 amide bonds. The van der Waals surface area contributed by atoms with Gasteiger partial charge in [0.25, 0.3) is 0 Å². The van der Waals surface area contributed by atoms with E-state index in [0.29, 0.717) is 5.92 Å². The van der Waals surface area contributed by atoms with E-state index in [9.17, 15) is 0 Å². The van der Waals surface area contributed by atoms with Gasteiger partial charge in [-0.1, -0.05) is 13.8 Å². The first kappa shape index (κ1) is 22.3. The average molecular weight is 493 g/mol. The Morgan fingerprint density at radius 2 is 1.96 bits per heavy atom. The normalized spacial score (nSPS) is 11.5. The van der Waals surface area contributed by atoms with Crippen LogP contribution in [0.3, 0.4) is 0 Å². The Morgan fingerprint density at radius 1 is 1.20 bits per heavy atom. The van der Waals surface area contributed by atoms with Gasteiger partial charge >= 0.3 is 0 Å². The van der Waals surface area contributed by atoms with E-state index in [2.05, 4.69) is 53.3 Å². The predicted molar refractivity (Wildman–Crippen MR) is 120 cm³/mol. The smallest absolute Gasteiger partial charge is 0.191 e. The third-order valence-corrected chi connectivity index (χ3v) is 5.69. The highest BCUT2D eigenvalue weighted by Crippen LogP contribution is 2.17. The van der Waals surface area contributed by atoms with E-state index in [0.717, 1.165) is 37.6 Å². The standard InChI is InChI=1S/C17H27N5S2.HI/c1-11(2)8-16-20-9-14(24-16)10-21-17(18-5)19-7-6-15-22-12(3)13(4)23-15;/h9,11H,6-8,10H2,1-5H3,(H2,18,19,21);1H. The molecule has 2 aromatic heterocycles. The average Bonchev–Trinajstić information content (AvgIpc) is 3.09. The lowest BCUT2D eigenvalue weighted by molar-refractivity contribution is 0.644. The number of guanidine groups is 1. The van der Waals surface area contributed by atoms with Gasteiger partial charge in [0.2, 0.25) is 0 Å². The number of hydrogen-bond donors (Lipinski definition) is 2. The summed E-state index contributed by atoms with van der Waals surface area (Å²) in [6, 6.07) is 0. The van der Waals surface area contributed by atoms with Crippen LogP contribution in [-0.2, 0) is 19.4 Å². The van der Waals surface area contributed by atoms with Gasteiger partial charge in [-0.15, -0.1) is 46.7 Å². The third-order valence-electron chi connectivity index (χ3n) is 3.54. The molecule has 0 aromatic carbocycles. The zero-order valence-electron chi connectivity index (χ0n) is 15.5. The maximum absolute atomic E-state index is 4.56. The topological polar surface area (TPSA) is 62.2 Å². The maximum Gasteiger partial charge on any atom is 0.191 e. The molecule has 2 N–H and O–H groups in total. The summed E-state index contributed by atoms with van der Waals surface area (Å²) in [4.78, 5) is 15.9. The first-order valence-electron chi connectivity index (χ1n) is 8.29. The summed E-state index contributed by atoms with van der Waals surface area (Å²) in [7, 11) is 1.80. The lowest BCUT2D eigenvalue weighted by atomic mass is 10.1. The summed E-state index contributed by atoms with van der Waals surface area (Å²) in [5.41, 5.74) is 1.14. The Bertz CT molecular complexity index is 659. The van der Waals surface area contributed by atoms with Gasteiger partial charge in [-0.3, -0.25) is 4.99 Å². The molecule has 2 aromatic rings. The van der Waals surface area contributed by atoms with Crippen LogP contribution in [0.1, 0.15) is 39.3 Å². The molecule has 0 aliphatic heterocycles. The van der Waals surface area contributed by atoms with Crippen LogP contribution in [0.4, 0.5) is 0 Å². The predicted octanol–water partition coefficient (Wildman–Crippen LogP) is 3.94. The minimum atomic E-state index is 0. The molecule has 0 saturated heterocycles. The minimum absolute atomic E-state index is 0. The van der Waals surface area contributed by atoms with Crippen LogP contribution in [0.5, 0.6) is 0 Å². The summed E-state index contributed by atoms with van der Waals surface area (Å²) in [6.45, 7) is 10.2. The van der Waals surface area contributed by atoms with Crippen LogP contribution < -0.4 is 10.6 Å². The molecule has 5 nitrogen and oxygen atoms in total. The first-order valence-corrected chi connectivity index (χ1v) is 9.92. The highest BCUT2D eigenvalue weighted by molar-refractivity contribution is 14.0. The van der Waals surface area contributed by atoms with Gasteiger partial charge in [0.1, 0.15) is 0 Å². The quantitative estimate of drug-likeness (QED) is 0.349. The van der Waals surface area contributed by atoms with E-state index in [1.807, 2.05) is 6.20 Å². The fraction of sp³-hybridized carbons (Fsp3) is 0.588. The molecule has 140 valence electrons. The van der Waals surface area contributed by atoms with E-state index in [1.165, 1.54) is 19.8 Å². The molecule has 0 fully saturated rings. The number of aryl methyl sites for hydroxylation is 2. The highest BCUT2D eigenvalue weighted by Gasteiger charge is 2.06. The maximum atomic E-state index is 4.56. The molecular weight excluding hydrogens is 465 g/mol. The summed E-state index contributed by atoms with van der Waals surface area (Å²) < 4.78 is 0. The number of thiazole rings is 2. The Kier molecular flexibility index (Phi) is 9.88. The van der Waals surface area contributed by atoms with Crippen LogP contribution in [0.25, 0.3) is 0 Å². The monoisotopic (exact) mass is 493 g/mol. The van der Waals surface area contributed by atoms with Crippen molar-refractivity contribution in [2.45, 2.75) is 47.1 Å². The third kappa shape index (κ3) is 7.57. The minimum Gasteiger partial charge on any atom is -0.356 e. The molecule has 0 aliphatic rings. The summed E-state index contributed by atoms with van der Waals surface area (Å²) in [6.07, 6.45) is 3.92. The molecule has 0 bridgehead atoms. The number of nitrogens with zero attached hydrogens (tertiary/aromatic N) is 3. The molecular formula is C17H28IN5S2. The van der Waals surface area contributed by atoms with Crippen molar-refractivity contribution in [1.82, 2.24) is 20.6 Å². The number of nitrogens with one attached hydrogen (secondary N) is 2. The van der Waals surface area contributed by atoms with Crippen molar-refractivity contribution in [2.75, 3.05) is 13.6 Å². The van der Waals surface area contributed by atoms with Crippen molar-refractivity contribution in [3.05, 3.63) is 31.7 Å². The molecule has 8 heteroatoms. The number of aliphatic imine (C=N–C) groups is 1. The van der Waals surface area contributed by atoms with E-state index >= 15 is 0 Å². The van der Waals surface area contributed by atoms with Crippen LogP contribution in [0.2, 0.25) is 0 Å². The molecule has 0 unspecified atom stereocenters. The molecule has 0 spiro atoms. The van der Waals surface area contributed by atoms with Gasteiger partial charge in [-0.25, -0.2) is 9.97 Å². The Labute approximate surface area is 175 Å². The van der Waals surface area contributed by atoms with Crippen LogP contribution >= 0.6 is 46.7 Å². The lowest BCUT2D eigenvalue weighted by Gasteiger charge is -2.10. The zero-order chi connectivity index (χ0) is 17.5. The van der Waals surface area contributed by atoms with Gasteiger partial charge in [0, 0.05) is 42.4 Å². The SMILES string of the molecule is CN=C(NCCc1nc(C)c(C)s1)NCc1cnc(CC(C)C)s1.I. The molecule has 0 radical (unpaired) electrons. The highest BCUT2D eigenvalue weighted by atomic mass is 127. The lowest BCUT2D eigenvalue weighted by Crippen LogP contribution is -2.37. The van der Waals surface area contributed by atoms with E-state index < -0.39 is 0 Å². The van der Waals surface area contributed by atoms with E-state index in [-0.39, 0.29) is 24.0 Å². The summed E-state index contributed by atoms with van der Waals surface area (Å²) in [5, 5.41) is 9.08. The summed E-state index contributed by atoms with van der Waals surface area (Å²) >= 11 is 3.55. The fourth-order valence-corrected chi connectivity index (χ4v) is 4.21. The van der Waals surface area contributed by atoms with E-state index in [4.69, 9.17) is 0 Å². The van der Waals surface area contributed by atoms with Crippen molar-refractivity contribution in [2.24, 2.45) is 10.9 Å². The molecule has 2 rings (SSSR count). The molecule has 0 aliphatic carbocycles. The van der Waals surface area contributed by atoms with Crippen molar-refractivity contribution in [1.29, 1.82) is 0 Å². The largest absolute Gasteiger partial charge is 0.356 e. The molecule has 25 heavy (non-hydrogen) atoms. The van der Waals surface area contributed by atoms with Crippen LogP contribution in [-0.4, -0.2) is 29.5 Å². The van der Waals surface area contributed by atoms with Gasteiger partial charge < -0.3 is 10.6 Å². The summed E-state index contributed by atoms with van der Waals surface area (Å²) in [5.74, 6) is 1.46. The zero-order valence-corrected chi connectivity index (χ0v) is 19.5. The van der Waals surface area contributed by atoms with Crippen molar-refractivity contribution in [3.8, 4) is 0 Å². The first-order chi connectivity index (χ1) is 11.5. The van der Waals surface area contributed by atoms with Gasteiger partial charge in [-0.05, 0) is 19.8 Å². The van der Waals surface area contributed by atoms with Crippen molar-refractivity contribution < 1.29 is 0 Å². The second-order valence-electron chi connectivity index (χ2n) is 6.17. The molecule has 0 saturated carbocycles. The van der Waals surface area contributed by atoms with Crippen LogP contribution in [0.15, 0.2) is 11.2 Å².